The van der Waals surface area contributed by atoms with Crippen molar-refractivity contribution in [2.24, 2.45) is 0 Å². The molecule has 2 unspecified atom stereocenters. The maximum absolute atomic E-state index is 13.3. The van der Waals surface area contributed by atoms with Gasteiger partial charge in [0, 0.05) is 55.6 Å². The minimum absolute atomic E-state index is 0.352. The summed E-state index contributed by atoms with van der Waals surface area (Å²) in [6, 6.07) is 4.40. The molecule has 2 aromatic heterocycles. The predicted octanol–water partition coefficient (Wildman–Crippen LogP) is 2.80. The molecule has 5 nitrogen and oxygen atoms in total. The zero-order valence-corrected chi connectivity index (χ0v) is 13.4. The zero-order valence-electron chi connectivity index (χ0n) is 13.4. The monoisotopic (exact) mass is 316 g/mol. The summed E-state index contributed by atoms with van der Waals surface area (Å²) in [5.41, 5.74) is 1.98. The third kappa shape index (κ3) is 2.61. The summed E-state index contributed by atoms with van der Waals surface area (Å²) in [7, 11) is 0. The maximum atomic E-state index is 13.3. The fourth-order valence-electron chi connectivity index (χ4n) is 3.78. The third-order valence-corrected chi connectivity index (χ3v) is 4.95. The van der Waals surface area contributed by atoms with Gasteiger partial charge in [-0.05, 0) is 12.5 Å². The van der Waals surface area contributed by atoms with E-state index in [0.717, 1.165) is 36.8 Å². The van der Waals surface area contributed by atoms with Crippen molar-refractivity contribution in [3.63, 3.8) is 0 Å². The third-order valence-electron chi connectivity index (χ3n) is 4.95. The van der Waals surface area contributed by atoms with Crippen LogP contribution < -0.4 is 4.90 Å². The SMILES string of the molecule is CC(C)c1ocnc1CN1C2CC1CN(c1ccnc(F)c1)C2. The second kappa shape index (κ2) is 5.60. The van der Waals surface area contributed by atoms with E-state index in [1.165, 1.54) is 18.7 Å². The Balaban J connectivity index is 1.45. The van der Waals surface area contributed by atoms with E-state index < -0.39 is 5.95 Å². The van der Waals surface area contributed by atoms with Crippen LogP contribution in [0, 0.1) is 5.95 Å². The normalized spacial score (nSPS) is 24.1. The highest BCUT2D eigenvalue weighted by Crippen LogP contribution is 2.36. The summed E-state index contributed by atoms with van der Waals surface area (Å²) in [5.74, 6) is 0.927. The second-order valence-electron chi connectivity index (χ2n) is 6.78. The molecule has 0 N–H and O–H groups in total. The second-order valence-corrected chi connectivity index (χ2v) is 6.78. The molecule has 5 rings (SSSR count). The first-order valence-electron chi connectivity index (χ1n) is 8.16. The van der Waals surface area contributed by atoms with Crippen molar-refractivity contribution < 1.29 is 8.81 Å². The summed E-state index contributed by atoms with van der Waals surface area (Å²) >= 11 is 0. The van der Waals surface area contributed by atoms with Gasteiger partial charge in [-0.1, -0.05) is 13.8 Å². The average molecular weight is 316 g/mol. The number of aromatic nitrogens is 2. The van der Waals surface area contributed by atoms with Crippen molar-refractivity contribution in [3.05, 3.63) is 42.1 Å². The first-order chi connectivity index (χ1) is 11.1. The van der Waals surface area contributed by atoms with Crippen LogP contribution >= 0.6 is 0 Å². The van der Waals surface area contributed by atoms with Gasteiger partial charge in [0.25, 0.3) is 0 Å². The number of pyridine rings is 1. The van der Waals surface area contributed by atoms with Crippen molar-refractivity contribution in [2.75, 3.05) is 18.0 Å². The van der Waals surface area contributed by atoms with Gasteiger partial charge in [0.15, 0.2) is 6.39 Å². The Hall–Kier alpha value is -1.95. The van der Waals surface area contributed by atoms with Crippen LogP contribution in [-0.4, -0.2) is 40.0 Å². The van der Waals surface area contributed by atoms with Crippen molar-refractivity contribution in [1.82, 2.24) is 14.9 Å². The highest BCUT2D eigenvalue weighted by Gasteiger charge is 2.45. The fraction of sp³-hybridized carbons (Fsp3) is 0.529. The largest absolute Gasteiger partial charge is 0.448 e. The standard InChI is InChI=1S/C17H21FN4O/c1-11(2)17-15(20-10-23-17)9-22-13-5-14(22)8-21(7-13)12-3-4-19-16(18)6-12/h3-4,6,10-11,13-14H,5,7-9H2,1-2H3. The molecule has 122 valence electrons. The lowest BCUT2D eigenvalue weighted by Gasteiger charge is -2.56. The lowest BCUT2D eigenvalue weighted by Crippen LogP contribution is -2.68. The maximum Gasteiger partial charge on any atom is 0.214 e. The first kappa shape index (κ1) is 14.6. The molecule has 6 heteroatoms. The number of rotatable bonds is 4. The molecule has 0 saturated carbocycles. The molecule has 23 heavy (non-hydrogen) atoms. The summed E-state index contributed by atoms with van der Waals surface area (Å²) in [6.07, 6.45) is 4.29. The zero-order chi connectivity index (χ0) is 16.0. The van der Waals surface area contributed by atoms with Gasteiger partial charge in [0.1, 0.15) is 5.76 Å². The quantitative estimate of drug-likeness (QED) is 0.812. The van der Waals surface area contributed by atoms with Crippen LogP contribution in [0.3, 0.4) is 0 Å². The topological polar surface area (TPSA) is 45.4 Å². The average Bonchev–Trinajstić information content (AvgIpc) is 3.01. The molecule has 0 aliphatic carbocycles. The molecule has 5 heterocycles. The number of hydrogen-bond donors (Lipinski definition) is 0. The van der Waals surface area contributed by atoms with E-state index in [2.05, 4.69) is 33.6 Å². The highest BCUT2D eigenvalue weighted by atomic mass is 19.1. The fourth-order valence-corrected chi connectivity index (χ4v) is 3.78. The Morgan fingerprint density at radius 1 is 1.30 bits per heavy atom. The Morgan fingerprint density at radius 2 is 2.09 bits per heavy atom. The minimum Gasteiger partial charge on any atom is -0.448 e. The van der Waals surface area contributed by atoms with Crippen LogP contribution in [0.2, 0.25) is 0 Å². The van der Waals surface area contributed by atoms with Crippen LogP contribution in [0.25, 0.3) is 0 Å². The smallest absolute Gasteiger partial charge is 0.214 e. The Morgan fingerprint density at radius 3 is 2.78 bits per heavy atom. The van der Waals surface area contributed by atoms with Gasteiger partial charge in [-0.2, -0.15) is 4.39 Å². The molecule has 0 aromatic carbocycles. The Labute approximate surface area is 135 Å². The Bertz CT molecular complexity index is 689. The molecular weight excluding hydrogens is 295 g/mol. The van der Waals surface area contributed by atoms with E-state index in [9.17, 15) is 4.39 Å². The summed E-state index contributed by atoms with van der Waals surface area (Å²) in [5, 5.41) is 0. The van der Waals surface area contributed by atoms with Gasteiger partial charge in [-0.3, -0.25) is 4.90 Å². The van der Waals surface area contributed by atoms with Crippen LogP contribution in [0.5, 0.6) is 0 Å². The molecule has 3 aliphatic rings. The van der Waals surface area contributed by atoms with Crippen molar-refractivity contribution >= 4 is 5.69 Å². The number of hydrogen-bond acceptors (Lipinski definition) is 5. The number of halogens is 1. The number of oxazole rings is 1. The number of nitrogens with zero attached hydrogens (tertiary/aromatic N) is 4. The molecule has 2 bridgehead atoms. The molecule has 0 radical (unpaired) electrons. The lowest BCUT2D eigenvalue weighted by atomic mass is 9.86. The van der Waals surface area contributed by atoms with Crippen LogP contribution in [0.1, 0.15) is 37.6 Å². The van der Waals surface area contributed by atoms with Crippen molar-refractivity contribution in [3.8, 4) is 0 Å². The molecule has 2 aromatic rings. The van der Waals surface area contributed by atoms with Gasteiger partial charge >= 0.3 is 0 Å². The van der Waals surface area contributed by atoms with E-state index in [-0.39, 0.29) is 0 Å². The number of piperazine rings is 1. The predicted molar refractivity (Wildman–Crippen MR) is 84.7 cm³/mol. The van der Waals surface area contributed by atoms with Gasteiger partial charge < -0.3 is 9.32 Å². The van der Waals surface area contributed by atoms with Crippen LogP contribution in [0.15, 0.2) is 29.1 Å². The van der Waals surface area contributed by atoms with Gasteiger partial charge in [0.05, 0.1) is 5.69 Å². The van der Waals surface area contributed by atoms with E-state index in [0.29, 0.717) is 18.0 Å². The number of fused-ring (bicyclic) bond motifs is 2. The highest BCUT2D eigenvalue weighted by molar-refractivity contribution is 5.47. The summed E-state index contributed by atoms with van der Waals surface area (Å²) in [4.78, 5) is 12.8. The Kier molecular flexibility index (Phi) is 3.56. The van der Waals surface area contributed by atoms with Gasteiger partial charge in [-0.25, -0.2) is 9.97 Å². The first-order valence-corrected chi connectivity index (χ1v) is 8.16. The van der Waals surface area contributed by atoms with E-state index >= 15 is 0 Å². The molecule has 0 amide bonds. The molecule has 3 aliphatic heterocycles. The van der Waals surface area contributed by atoms with E-state index in [1.807, 2.05) is 6.07 Å². The number of anilines is 1. The molecule has 3 fully saturated rings. The van der Waals surface area contributed by atoms with Gasteiger partial charge in [0.2, 0.25) is 5.95 Å². The van der Waals surface area contributed by atoms with Crippen LogP contribution in [0.4, 0.5) is 10.1 Å². The van der Waals surface area contributed by atoms with E-state index in [1.54, 1.807) is 6.39 Å². The van der Waals surface area contributed by atoms with Crippen molar-refractivity contribution in [1.29, 1.82) is 0 Å². The van der Waals surface area contributed by atoms with Gasteiger partial charge in [-0.15, -0.1) is 0 Å². The molecule has 3 saturated heterocycles. The summed E-state index contributed by atoms with van der Waals surface area (Å²) in [6.45, 7) is 6.95. The number of piperidine rings is 1. The molecule has 0 spiro atoms. The molecular formula is C17H21FN4O. The van der Waals surface area contributed by atoms with Crippen LogP contribution in [-0.2, 0) is 6.54 Å². The van der Waals surface area contributed by atoms with Crippen molar-refractivity contribution in [2.45, 2.75) is 44.8 Å². The summed E-state index contributed by atoms with van der Waals surface area (Å²) < 4.78 is 18.8. The lowest BCUT2D eigenvalue weighted by molar-refractivity contribution is -0.00979. The minimum atomic E-state index is -0.414. The molecule has 2 atom stereocenters. The van der Waals surface area contributed by atoms with E-state index in [4.69, 9.17) is 4.42 Å².